The number of aliphatic imine (C=N–C) groups is 1. The molecule has 0 saturated carbocycles. The minimum Gasteiger partial charge on any atom is -0.493 e. The predicted molar refractivity (Wildman–Crippen MR) is 130 cm³/mol. The number of alkyl halides is 6. The third-order valence-electron chi connectivity index (χ3n) is 5.85. The van der Waals surface area contributed by atoms with Crippen molar-refractivity contribution >= 4 is 18.0 Å². The number of benzene rings is 2. The van der Waals surface area contributed by atoms with Gasteiger partial charge in [-0.2, -0.15) is 26.3 Å². The second kappa shape index (κ2) is 12.2. The SMILES string of the molecule is CO/N=C(\N=C[C@@H]1CCCN1C(=N)N)c1ccc(OCCCc2ccc(C(F)(F)F)cc2)c(C(F)(F)F)c1. The summed E-state index contributed by atoms with van der Waals surface area (Å²) in [5, 5.41) is 11.4. The first-order chi connectivity index (χ1) is 17.9. The van der Waals surface area contributed by atoms with Gasteiger partial charge in [-0.15, -0.1) is 0 Å². The molecule has 1 atom stereocenters. The lowest BCUT2D eigenvalue weighted by Crippen LogP contribution is -2.40. The van der Waals surface area contributed by atoms with Crippen molar-refractivity contribution in [3.8, 4) is 5.75 Å². The van der Waals surface area contributed by atoms with Crippen molar-refractivity contribution < 1.29 is 35.9 Å². The van der Waals surface area contributed by atoms with Gasteiger partial charge in [0.15, 0.2) is 11.8 Å². The van der Waals surface area contributed by atoms with Crippen molar-refractivity contribution in [2.45, 2.75) is 44.1 Å². The van der Waals surface area contributed by atoms with Crippen molar-refractivity contribution in [3.05, 3.63) is 64.7 Å². The zero-order valence-corrected chi connectivity index (χ0v) is 20.4. The van der Waals surface area contributed by atoms with Crippen molar-refractivity contribution in [3.63, 3.8) is 0 Å². The van der Waals surface area contributed by atoms with Gasteiger partial charge in [0.25, 0.3) is 0 Å². The molecular weight excluding hydrogens is 516 g/mol. The number of halogens is 6. The standard InChI is InChI=1S/C25H27F6N5O2/c1-37-35-22(34-15-19-5-2-12-36(19)23(32)33)17-8-11-21(20(14-17)25(29,30)31)38-13-3-4-16-6-9-18(10-7-16)24(26,27)28/h6-11,14-15,19H,2-5,12-13H2,1H3,(H3,32,33)/b34-15?,35-22-/t19-/m0/s1. The van der Waals surface area contributed by atoms with E-state index in [4.69, 9.17) is 20.7 Å². The largest absolute Gasteiger partial charge is 0.493 e. The van der Waals surface area contributed by atoms with E-state index in [-0.39, 0.29) is 30.0 Å². The van der Waals surface area contributed by atoms with Crippen molar-refractivity contribution in [1.82, 2.24) is 4.90 Å². The Morgan fingerprint density at radius 2 is 1.82 bits per heavy atom. The summed E-state index contributed by atoms with van der Waals surface area (Å²) in [5.74, 6) is -0.612. The number of hydrogen-bond acceptors (Lipinski definition) is 4. The Morgan fingerprint density at radius 3 is 2.42 bits per heavy atom. The number of likely N-dealkylation sites (tertiary alicyclic amines) is 1. The predicted octanol–water partition coefficient (Wildman–Crippen LogP) is 5.47. The summed E-state index contributed by atoms with van der Waals surface area (Å²) in [6, 6.07) is 7.68. The number of ether oxygens (including phenoxy) is 1. The molecule has 1 aliphatic heterocycles. The Balaban J connectivity index is 1.70. The number of rotatable bonds is 8. The van der Waals surface area contributed by atoms with E-state index in [9.17, 15) is 26.3 Å². The molecule has 0 amide bonds. The van der Waals surface area contributed by atoms with Gasteiger partial charge in [-0.25, -0.2) is 4.99 Å². The average molecular weight is 544 g/mol. The van der Waals surface area contributed by atoms with E-state index in [1.165, 1.54) is 31.5 Å². The Hall–Kier alpha value is -3.77. The summed E-state index contributed by atoms with van der Waals surface area (Å²) in [6.07, 6.45) is -5.61. The maximum absolute atomic E-state index is 13.8. The molecule has 3 rings (SSSR count). The number of aryl methyl sites for hydroxylation is 1. The molecule has 1 fully saturated rings. The maximum Gasteiger partial charge on any atom is 0.419 e. The van der Waals surface area contributed by atoms with Gasteiger partial charge in [-0.3, -0.25) is 5.41 Å². The summed E-state index contributed by atoms with van der Waals surface area (Å²) < 4.78 is 84.9. The van der Waals surface area contributed by atoms with Gasteiger partial charge in [-0.05, 0) is 61.6 Å². The Kier molecular flexibility index (Phi) is 9.23. The van der Waals surface area contributed by atoms with Crippen LogP contribution in [0.4, 0.5) is 26.3 Å². The highest BCUT2D eigenvalue weighted by Gasteiger charge is 2.35. The average Bonchev–Trinajstić information content (AvgIpc) is 3.33. The number of oxime groups is 1. The van der Waals surface area contributed by atoms with E-state index in [0.29, 0.717) is 31.4 Å². The van der Waals surface area contributed by atoms with Crippen molar-refractivity contribution in [2.24, 2.45) is 15.9 Å². The first-order valence-corrected chi connectivity index (χ1v) is 11.7. The van der Waals surface area contributed by atoms with Gasteiger partial charge < -0.3 is 20.2 Å². The molecule has 3 N–H and O–H groups in total. The molecule has 206 valence electrons. The first-order valence-electron chi connectivity index (χ1n) is 11.7. The van der Waals surface area contributed by atoms with Crippen LogP contribution >= 0.6 is 0 Å². The topological polar surface area (TPSA) is 96.3 Å². The van der Waals surface area contributed by atoms with Crippen LogP contribution in [0.5, 0.6) is 5.75 Å². The lowest BCUT2D eigenvalue weighted by Gasteiger charge is -2.21. The summed E-state index contributed by atoms with van der Waals surface area (Å²) in [7, 11) is 1.24. The Labute approximate surface area is 215 Å². The van der Waals surface area contributed by atoms with Crippen molar-refractivity contribution in [1.29, 1.82) is 5.41 Å². The fourth-order valence-corrected chi connectivity index (χ4v) is 3.98. The number of nitrogens with two attached hydrogens (primary N) is 1. The molecule has 38 heavy (non-hydrogen) atoms. The minimum atomic E-state index is -4.74. The van der Waals surface area contributed by atoms with E-state index < -0.39 is 29.2 Å². The molecule has 7 nitrogen and oxygen atoms in total. The van der Waals surface area contributed by atoms with Crippen LogP contribution in [-0.2, 0) is 23.6 Å². The van der Waals surface area contributed by atoms with Crippen LogP contribution in [0.2, 0.25) is 0 Å². The zero-order valence-electron chi connectivity index (χ0n) is 20.4. The van der Waals surface area contributed by atoms with Crippen LogP contribution in [0.15, 0.2) is 52.6 Å². The van der Waals surface area contributed by atoms with Gasteiger partial charge in [0.05, 0.1) is 23.8 Å². The highest BCUT2D eigenvalue weighted by molar-refractivity contribution is 6.03. The third-order valence-corrected chi connectivity index (χ3v) is 5.85. The normalized spacial score (nSPS) is 16.8. The van der Waals surface area contributed by atoms with E-state index in [0.717, 1.165) is 30.7 Å². The number of nitrogens with one attached hydrogen (secondary N) is 1. The van der Waals surface area contributed by atoms with Crippen molar-refractivity contribution in [2.75, 3.05) is 20.3 Å². The van der Waals surface area contributed by atoms with Crippen LogP contribution in [0, 0.1) is 5.41 Å². The monoisotopic (exact) mass is 543 g/mol. The summed E-state index contributed by atoms with van der Waals surface area (Å²) in [6.45, 7) is 0.495. The third kappa shape index (κ3) is 7.62. The molecule has 0 spiro atoms. The quantitative estimate of drug-likeness (QED) is 0.152. The second-order valence-electron chi connectivity index (χ2n) is 8.52. The fourth-order valence-electron chi connectivity index (χ4n) is 3.98. The summed E-state index contributed by atoms with van der Waals surface area (Å²) in [5.41, 5.74) is 4.41. The molecule has 13 heteroatoms. The van der Waals surface area contributed by atoms with Crippen LogP contribution in [0.25, 0.3) is 0 Å². The molecule has 0 unspecified atom stereocenters. The van der Waals surface area contributed by atoms with E-state index >= 15 is 0 Å². The number of amidine groups is 1. The number of guanidine groups is 1. The molecule has 0 radical (unpaired) electrons. The van der Waals surface area contributed by atoms with Gasteiger partial charge >= 0.3 is 12.4 Å². The first kappa shape index (κ1) is 28.8. The molecule has 2 aromatic rings. The molecule has 1 aliphatic rings. The molecule has 0 bridgehead atoms. The Bertz CT molecular complexity index is 1160. The number of hydrogen-bond donors (Lipinski definition) is 2. The van der Waals surface area contributed by atoms with Gasteiger partial charge in [0.2, 0.25) is 0 Å². The van der Waals surface area contributed by atoms with E-state index in [1.807, 2.05) is 0 Å². The highest BCUT2D eigenvalue weighted by atomic mass is 19.4. The van der Waals surface area contributed by atoms with Gasteiger partial charge in [0, 0.05) is 18.3 Å². The van der Waals surface area contributed by atoms with E-state index in [2.05, 4.69) is 10.1 Å². The van der Waals surface area contributed by atoms with Gasteiger partial charge in [0.1, 0.15) is 12.9 Å². The molecule has 2 aromatic carbocycles. The van der Waals surface area contributed by atoms with Crippen LogP contribution < -0.4 is 10.5 Å². The van der Waals surface area contributed by atoms with Crippen LogP contribution in [-0.4, -0.2) is 49.2 Å². The summed E-state index contributed by atoms with van der Waals surface area (Å²) >= 11 is 0. The Morgan fingerprint density at radius 1 is 1.11 bits per heavy atom. The van der Waals surface area contributed by atoms with Crippen LogP contribution in [0.1, 0.15) is 41.5 Å². The fraction of sp³-hybridized carbons (Fsp3) is 0.400. The smallest absolute Gasteiger partial charge is 0.419 e. The lowest BCUT2D eigenvalue weighted by molar-refractivity contribution is -0.139. The highest BCUT2D eigenvalue weighted by Crippen LogP contribution is 2.37. The van der Waals surface area contributed by atoms with E-state index in [1.54, 1.807) is 4.90 Å². The second-order valence-corrected chi connectivity index (χ2v) is 8.52. The number of nitrogens with zero attached hydrogens (tertiary/aromatic N) is 3. The van der Waals surface area contributed by atoms with Gasteiger partial charge in [-0.1, -0.05) is 17.3 Å². The minimum absolute atomic E-state index is 0.0416. The summed E-state index contributed by atoms with van der Waals surface area (Å²) in [4.78, 5) is 10.6. The zero-order chi connectivity index (χ0) is 27.9. The molecule has 0 aliphatic carbocycles. The molecule has 1 heterocycles. The molecule has 1 saturated heterocycles. The lowest BCUT2D eigenvalue weighted by atomic mass is 10.1. The van der Waals surface area contributed by atoms with Crippen LogP contribution in [0.3, 0.4) is 0 Å². The molecular formula is C25H27F6N5O2. The maximum atomic E-state index is 13.8. The molecule has 0 aromatic heterocycles.